The Morgan fingerprint density at radius 1 is 0.767 bits per heavy atom. The number of fused-ring (bicyclic) bond motifs is 1. The molecule has 0 saturated heterocycles. The van der Waals surface area contributed by atoms with Gasteiger partial charge in [0.05, 0.1) is 25.4 Å². The van der Waals surface area contributed by atoms with Crippen LogP contribution in [0.5, 0.6) is 11.5 Å². The van der Waals surface area contributed by atoms with Crippen molar-refractivity contribution >= 4 is 34.8 Å². The number of hydrogen-bond acceptors (Lipinski definition) is 6. The van der Waals surface area contributed by atoms with Crippen LogP contribution >= 0.6 is 0 Å². The number of hydrazone groups is 1. The Morgan fingerprint density at radius 3 is 2.09 bits per heavy atom. The fourth-order valence-electron chi connectivity index (χ4n) is 4.81. The highest BCUT2D eigenvalue weighted by molar-refractivity contribution is 6.04. The molecular weight excluding hydrogens is 542 g/mol. The summed E-state index contributed by atoms with van der Waals surface area (Å²) >= 11 is 0. The Bertz CT molecular complexity index is 1340. The first-order chi connectivity index (χ1) is 21.0. The van der Waals surface area contributed by atoms with Crippen LogP contribution in [-0.2, 0) is 9.59 Å². The lowest BCUT2D eigenvalue weighted by Gasteiger charge is -2.11. The fraction of sp³-hybridized carbons (Fsp3) is 0.429. The van der Waals surface area contributed by atoms with Crippen LogP contribution in [0, 0.1) is 0 Å². The van der Waals surface area contributed by atoms with Gasteiger partial charge in [0.25, 0.3) is 5.91 Å². The molecule has 0 aliphatic rings. The van der Waals surface area contributed by atoms with Crippen LogP contribution in [0.4, 0.5) is 0 Å². The van der Waals surface area contributed by atoms with Crippen LogP contribution in [0.2, 0.25) is 0 Å². The topological polar surface area (TPSA) is 106 Å². The molecule has 3 aromatic rings. The lowest BCUT2D eigenvalue weighted by Crippen LogP contribution is -2.34. The molecule has 2 N–H and O–H groups in total. The molecule has 3 aromatic carbocycles. The Hall–Kier alpha value is -4.20. The molecule has 0 aliphatic heterocycles. The molecule has 0 atom stereocenters. The number of carbonyl (C=O) groups excluding carboxylic acids is 3. The maximum atomic E-state index is 12.8. The number of nitrogens with one attached hydrogen (secondary N) is 2. The molecule has 8 nitrogen and oxygen atoms in total. The Morgan fingerprint density at radius 2 is 1.42 bits per heavy atom. The van der Waals surface area contributed by atoms with Gasteiger partial charge < -0.3 is 14.8 Å². The number of hydrogen-bond donors (Lipinski definition) is 2. The standard InChI is InChI=1S/C35H45N3O5/c1-3-4-5-6-7-8-9-10-11-12-13-18-33(39)36-26-34(40)38-37-25-31-30-17-15-14-16-27(30)21-24-32(31)43-35(41)28-19-22-29(42-2)23-20-28/h14-17,19-25H,3-13,18,26H2,1-2H3,(H,36,39)(H,38,40)/b37-25-. The third kappa shape index (κ3) is 11.9. The third-order valence-electron chi connectivity index (χ3n) is 7.30. The van der Waals surface area contributed by atoms with E-state index in [9.17, 15) is 14.4 Å². The van der Waals surface area contributed by atoms with Crippen LogP contribution in [0.25, 0.3) is 10.8 Å². The van der Waals surface area contributed by atoms with Crippen molar-refractivity contribution in [3.05, 3.63) is 71.8 Å². The molecule has 0 heterocycles. The van der Waals surface area contributed by atoms with E-state index in [2.05, 4.69) is 22.8 Å². The second-order valence-electron chi connectivity index (χ2n) is 10.7. The van der Waals surface area contributed by atoms with Crippen LogP contribution in [0.3, 0.4) is 0 Å². The summed E-state index contributed by atoms with van der Waals surface area (Å²) in [6.07, 6.45) is 15.3. The second kappa shape index (κ2) is 19.1. The highest BCUT2D eigenvalue weighted by atomic mass is 16.5. The number of nitrogens with zero attached hydrogens (tertiary/aromatic N) is 1. The summed E-state index contributed by atoms with van der Waals surface area (Å²) in [5.41, 5.74) is 3.36. The number of methoxy groups -OCH3 is 1. The largest absolute Gasteiger partial charge is 0.497 e. The van der Waals surface area contributed by atoms with Gasteiger partial charge in [-0.1, -0.05) is 101 Å². The van der Waals surface area contributed by atoms with Crippen molar-refractivity contribution in [2.24, 2.45) is 5.10 Å². The third-order valence-corrected chi connectivity index (χ3v) is 7.30. The molecule has 0 unspecified atom stereocenters. The number of unbranched alkanes of at least 4 members (excludes halogenated alkanes) is 10. The minimum absolute atomic E-state index is 0.142. The molecule has 0 radical (unpaired) electrons. The van der Waals surface area contributed by atoms with Gasteiger partial charge in [-0.25, -0.2) is 10.2 Å². The summed E-state index contributed by atoms with van der Waals surface area (Å²) in [7, 11) is 1.56. The van der Waals surface area contributed by atoms with Gasteiger partial charge in [0, 0.05) is 12.0 Å². The summed E-state index contributed by atoms with van der Waals surface area (Å²) < 4.78 is 10.8. The van der Waals surface area contributed by atoms with Gasteiger partial charge in [-0.3, -0.25) is 9.59 Å². The van der Waals surface area contributed by atoms with E-state index in [1.165, 1.54) is 57.6 Å². The molecular formula is C35H45N3O5. The van der Waals surface area contributed by atoms with E-state index in [1.54, 1.807) is 37.4 Å². The van der Waals surface area contributed by atoms with Crippen LogP contribution in [0.15, 0.2) is 65.8 Å². The second-order valence-corrected chi connectivity index (χ2v) is 10.7. The minimum Gasteiger partial charge on any atom is -0.497 e. The number of amides is 2. The molecule has 0 saturated carbocycles. The summed E-state index contributed by atoms with van der Waals surface area (Å²) in [6, 6.07) is 17.8. The predicted octanol–water partition coefficient (Wildman–Crippen LogP) is 7.34. The monoisotopic (exact) mass is 587 g/mol. The molecule has 0 aromatic heterocycles. The number of benzene rings is 3. The van der Waals surface area contributed by atoms with Crippen LogP contribution in [0.1, 0.15) is 99.9 Å². The first-order valence-corrected chi connectivity index (χ1v) is 15.5. The summed E-state index contributed by atoms with van der Waals surface area (Å²) in [6.45, 7) is 2.07. The lowest BCUT2D eigenvalue weighted by molar-refractivity contribution is -0.126. The van der Waals surface area contributed by atoms with Crippen molar-refractivity contribution in [1.29, 1.82) is 0 Å². The van der Waals surface area contributed by atoms with Crippen molar-refractivity contribution in [3.8, 4) is 11.5 Å². The van der Waals surface area contributed by atoms with Crippen molar-refractivity contribution in [2.45, 2.75) is 84.0 Å². The Labute approximate surface area is 255 Å². The number of ether oxygens (including phenoxy) is 2. The van der Waals surface area contributed by atoms with Gasteiger partial charge in [-0.15, -0.1) is 0 Å². The summed E-state index contributed by atoms with van der Waals surface area (Å²) in [4.78, 5) is 37.3. The molecule has 0 bridgehead atoms. The number of carbonyl (C=O) groups is 3. The normalized spacial score (nSPS) is 11.0. The molecule has 0 spiro atoms. The minimum atomic E-state index is -0.530. The van der Waals surface area contributed by atoms with Gasteiger partial charge in [0.15, 0.2) is 0 Å². The first-order valence-electron chi connectivity index (χ1n) is 15.5. The SMILES string of the molecule is CCCCCCCCCCCCCC(=O)NCC(=O)N/N=C\c1c(OC(=O)c2ccc(OC)cc2)ccc2ccccc12. The van der Waals surface area contributed by atoms with Crippen molar-refractivity contribution < 1.29 is 23.9 Å². The smallest absolute Gasteiger partial charge is 0.343 e. The molecule has 43 heavy (non-hydrogen) atoms. The van der Waals surface area contributed by atoms with Crippen LogP contribution in [-0.4, -0.2) is 37.7 Å². The number of esters is 1. The lowest BCUT2D eigenvalue weighted by atomic mass is 10.0. The zero-order valence-corrected chi connectivity index (χ0v) is 25.5. The highest BCUT2D eigenvalue weighted by Gasteiger charge is 2.14. The van der Waals surface area contributed by atoms with E-state index in [0.717, 1.165) is 30.0 Å². The van der Waals surface area contributed by atoms with Crippen LogP contribution < -0.4 is 20.2 Å². The van der Waals surface area contributed by atoms with Gasteiger partial charge in [-0.05, 0) is 47.5 Å². The molecule has 0 aliphatic carbocycles. The first kappa shape index (κ1) is 33.3. The van der Waals surface area contributed by atoms with E-state index in [1.807, 2.05) is 30.3 Å². The van der Waals surface area contributed by atoms with Crippen molar-refractivity contribution in [2.75, 3.05) is 13.7 Å². The van der Waals surface area contributed by atoms with Crippen molar-refractivity contribution in [1.82, 2.24) is 10.7 Å². The van der Waals surface area contributed by atoms with E-state index in [4.69, 9.17) is 9.47 Å². The highest BCUT2D eigenvalue weighted by Crippen LogP contribution is 2.27. The fourth-order valence-corrected chi connectivity index (χ4v) is 4.81. The van der Waals surface area contributed by atoms with Gasteiger partial charge in [-0.2, -0.15) is 5.10 Å². The molecule has 0 fully saturated rings. The quantitative estimate of drug-likeness (QED) is 0.0502. The molecule has 2 amide bonds. The van der Waals surface area contributed by atoms with Gasteiger partial charge in [0.2, 0.25) is 5.91 Å². The molecule has 8 heteroatoms. The maximum absolute atomic E-state index is 12.8. The number of rotatable bonds is 19. The summed E-state index contributed by atoms with van der Waals surface area (Å²) in [5.74, 6) is -0.177. The van der Waals surface area contributed by atoms with Gasteiger partial charge in [0.1, 0.15) is 11.5 Å². The van der Waals surface area contributed by atoms with E-state index in [0.29, 0.717) is 29.0 Å². The maximum Gasteiger partial charge on any atom is 0.343 e. The molecule has 3 rings (SSSR count). The van der Waals surface area contributed by atoms with E-state index in [-0.39, 0.29) is 12.5 Å². The predicted molar refractivity (Wildman–Crippen MR) is 172 cm³/mol. The van der Waals surface area contributed by atoms with Crippen molar-refractivity contribution in [3.63, 3.8) is 0 Å². The zero-order valence-electron chi connectivity index (χ0n) is 25.5. The Balaban J connectivity index is 1.43. The average molecular weight is 588 g/mol. The van der Waals surface area contributed by atoms with E-state index >= 15 is 0 Å². The average Bonchev–Trinajstić information content (AvgIpc) is 3.03. The zero-order chi connectivity index (χ0) is 30.7. The van der Waals surface area contributed by atoms with E-state index < -0.39 is 11.9 Å². The van der Waals surface area contributed by atoms with Gasteiger partial charge >= 0.3 is 5.97 Å². The Kier molecular flexibility index (Phi) is 14.8. The molecule has 230 valence electrons. The summed E-state index contributed by atoms with van der Waals surface area (Å²) in [5, 5.41) is 8.47.